The van der Waals surface area contributed by atoms with Crippen LogP contribution in [0.2, 0.25) is 0 Å². The molecule has 1 aromatic rings. The monoisotopic (exact) mass is 248 g/mol. The van der Waals surface area contributed by atoms with E-state index in [1.54, 1.807) is 13.1 Å². The molecule has 0 spiro atoms. The number of aromatic nitrogens is 2. The summed E-state index contributed by atoms with van der Waals surface area (Å²) in [5, 5.41) is 14.3. The van der Waals surface area contributed by atoms with Gasteiger partial charge in [0.2, 0.25) is 0 Å². The van der Waals surface area contributed by atoms with E-state index in [9.17, 15) is 18.3 Å². The molecule has 1 aliphatic carbocycles. The number of aliphatic hydroxyl groups is 1. The van der Waals surface area contributed by atoms with Gasteiger partial charge < -0.3 is 5.11 Å². The van der Waals surface area contributed by atoms with Crippen LogP contribution in [0.5, 0.6) is 0 Å². The van der Waals surface area contributed by atoms with Gasteiger partial charge in [0.1, 0.15) is 5.60 Å². The number of rotatable bonds is 1. The van der Waals surface area contributed by atoms with E-state index >= 15 is 0 Å². The van der Waals surface area contributed by atoms with Gasteiger partial charge in [-0.05, 0) is 31.7 Å². The standard InChI is InChI=1S/C11H15F3N2O/c1-16-9(4-6-15-16)10(17)5-2-3-8(7-10)11(12,13)14/h4,6,8,17H,2-3,5,7H2,1H3. The van der Waals surface area contributed by atoms with E-state index in [0.29, 0.717) is 18.5 Å². The van der Waals surface area contributed by atoms with Gasteiger partial charge in [-0.3, -0.25) is 4.68 Å². The Hall–Kier alpha value is -1.04. The van der Waals surface area contributed by atoms with Crippen LogP contribution in [0.15, 0.2) is 12.3 Å². The molecule has 6 heteroatoms. The molecule has 1 fully saturated rings. The maximum absolute atomic E-state index is 12.7. The van der Waals surface area contributed by atoms with Gasteiger partial charge in [-0.1, -0.05) is 0 Å². The van der Waals surface area contributed by atoms with Gasteiger partial charge >= 0.3 is 6.18 Å². The lowest BCUT2D eigenvalue weighted by atomic mass is 9.76. The van der Waals surface area contributed by atoms with Crippen LogP contribution < -0.4 is 0 Å². The second-order valence-corrected chi connectivity index (χ2v) is 4.71. The predicted octanol–water partition coefficient (Wildman–Crippen LogP) is 2.36. The Morgan fingerprint density at radius 3 is 2.76 bits per heavy atom. The average Bonchev–Trinajstić information content (AvgIpc) is 2.64. The molecule has 1 aromatic heterocycles. The highest BCUT2D eigenvalue weighted by atomic mass is 19.4. The highest BCUT2D eigenvalue weighted by molar-refractivity contribution is 5.13. The van der Waals surface area contributed by atoms with Crippen molar-refractivity contribution in [3.8, 4) is 0 Å². The summed E-state index contributed by atoms with van der Waals surface area (Å²) in [6, 6.07) is 1.58. The maximum Gasteiger partial charge on any atom is 0.391 e. The lowest BCUT2D eigenvalue weighted by Crippen LogP contribution is -2.39. The normalized spacial score (nSPS) is 30.5. The molecule has 0 saturated heterocycles. The Balaban J connectivity index is 2.24. The van der Waals surface area contributed by atoms with Gasteiger partial charge in [-0.15, -0.1) is 0 Å². The summed E-state index contributed by atoms with van der Waals surface area (Å²) in [5.41, 5.74) is -0.935. The van der Waals surface area contributed by atoms with E-state index in [1.807, 2.05) is 0 Å². The third-order valence-electron chi connectivity index (χ3n) is 3.49. The summed E-state index contributed by atoms with van der Waals surface area (Å²) in [4.78, 5) is 0. The molecule has 1 N–H and O–H groups in total. The van der Waals surface area contributed by atoms with Crippen LogP contribution in [0, 0.1) is 5.92 Å². The first-order chi connectivity index (χ1) is 7.83. The van der Waals surface area contributed by atoms with Gasteiger partial charge in [0, 0.05) is 13.2 Å². The molecule has 1 aliphatic rings. The molecule has 96 valence electrons. The minimum Gasteiger partial charge on any atom is -0.384 e. The Bertz CT molecular complexity index is 402. The van der Waals surface area contributed by atoms with Crippen molar-refractivity contribution < 1.29 is 18.3 Å². The lowest BCUT2D eigenvalue weighted by molar-refractivity contribution is -0.202. The Labute approximate surface area is 97.2 Å². The molecule has 0 radical (unpaired) electrons. The van der Waals surface area contributed by atoms with Crippen LogP contribution in [-0.2, 0) is 12.6 Å². The third-order valence-corrected chi connectivity index (χ3v) is 3.49. The predicted molar refractivity (Wildman–Crippen MR) is 55.1 cm³/mol. The number of halogens is 3. The lowest BCUT2D eigenvalue weighted by Gasteiger charge is -2.37. The fourth-order valence-electron chi connectivity index (χ4n) is 2.59. The zero-order chi connectivity index (χ0) is 12.7. The number of hydrogen-bond acceptors (Lipinski definition) is 2. The number of nitrogens with zero attached hydrogens (tertiary/aromatic N) is 2. The van der Waals surface area contributed by atoms with Crippen molar-refractivity contribution in [1.29, 1.82) is 0 Å². The van der Waals surface area contributed by atoms with E-state index in [1.165, 1.54) is 10.9 Å². The third kappa shape index (κ3) is 2.31. The van der Waals surface area contributed by atoms with Crippen molar-refractivity contribution in [3.05, 3.63) is 18.0 Å². The van der Waals surface area contributed by atoms with Gasteiger partial charge in [0.25, 0.3) is 0 Å². The van der Waals surface area contributed by atoms with E-state index in [4.69, 9.17) is 0 Å². The van der Waals surface area contributed by atoms with Crippen molar-refractivity contribution in [3.63, 3.8) is 0 Å². The Kier molecular flexibility index (Phi) is 2.93. The summed E-state index contributed by atoms with van der Waals surface area (Å²) in [6.45, 7) is 0. The van der Waals surface area contributed by atoms with Gasteiger partial charge in [-0.2, -0.15) is 18.3 Å². The van der Waals surface area contributed by atoms with Crippen LogP contribution in [0.4, 0.5) is 13.2 Å². The number of alkyl halides is 3. The van der Waals surface area contributed by atoms with Crippen molar-refractivity contribution in [2.45, 2.75) is 37.5 Å². The summed E-state index contributed by atoms with van der Waals surface area (Å²) in [6.07, 6.45) is -2.16. The molecule has 0 aliphatic heterocycles. The number of aryl methyl sites for hydroxylation is 1. The first kappa shape index (κ1) is 12.4. The fraction of sp³-hybridized carbons (Fsp3) is 0.727. The van der Waals surface area contributed by atoms with Gasteiger partial charge in [0.05, 0.1) is 11.6 Å². The smallest absolute Gasteiger partial charge is 0.384 e. The molecule has 2 rings (SSSR count). The molecule has 1 heterocycles. The topological polar surface area (TPSA) is 38.0 Å². The molecular weight excluding hydrogens is 233 g/mol. The maximum atomic E-state index is 12.7. The summed E-state index contributed by atoms with van der Waals surface area (Å²) in [5.74, 6) is -1.42. The van der Waals surface area contributed by atoms with E-state index < -0.39 is 17.7 Å². The largest absolute Gasteiger partial charge is 0.391 e. The SMILES string of the molecule is Cn1nccc1C1(O)CCCC(C(F)(F)F)C1. The first-order valence-electron chi connectivity index (χ1n) is 5.60. The fourth-order valence-corrected chi connectivity index (χ4v) is 2.59. The molecule has 0 aromatic carbocycles. The van der Waals surface area contributed by atoms with Gasteiger partial charge in [-0.25, -0.2) is 0 Å². The molecule has 0 bridgehead atoms. The Morgan fingerprint density at radius 1 is 1.53 bits per heavy atom. The van der Waals surface area contributed by atoms with E-state index in [2.05, 4.69) is 5.10 Å². The zero-order valence-electron chi connectivity index (χ0n) is 9.54. The second-order valence-electron chi connectivity index (χ2n) is 4.71. The summed E-state index contributed by atoms with van der Waals surface area (Å²) >= 11 is 0. The van der Waals surface area contributed by atoms with Crippen LogP contribution in [0.3, 0.4) is 0 Å². The molecule has 2 atom stereocenters. The van der Waals surface area contributed by atoms with Crippen LogP contribution in [0.25, 0.3) is 0 Å². The second kappa shape index (κ2) is 4.01. The van der Waals surface area contributed by atoms with Crippen LogP contribution in [-0.4, -0.2) is 21.1 Å². The van der Waals surface area contributed by atoms with Crippen LogP contribution >= 0.6 is 0 Å². The van der Waals surface area contributed by atoms with Crippen molar-refractivity contribution in [1.82, 2.24) is 9.78 Å². The van der Waals surface area contributed by atoms with E-state index in [-0.39, 0.29) is 12.8 Å². The molecule has 2 unspecified atom stereocenters. The Morgan fingerprint density at radius 2 is 2.24 bits per heavy atom. The molecule has 17 heavy (non-hydrogen) atoms. The summed E-state index contributed by atoms with van der Waals surface area (Å²) in [7, 11) is 1.63. The number of hydrogen-bond donors (Lipinski definition) is 1. The first-order valence-corrected chi connectivity index (χ1v) is 5.60. The van der Waals surface area contributed by atoms with Gasteiger partial charge in [0.15, 0.2) is 0 Å². The van der Waals surface area contributed by atoms with Crippen molar-refractivity contribution >= 4 is 0 Å². The van der Waals surface area contributed by atoms with Crippen LogP contribution in [0.1, 0.15) is 31.4 Å². The average molecular weight is 248 g/mol. The highest BCUT2D eigenvalue weighted by Crippen LogP contribution is 2.45. The highest BCUT2D eigenvalue weighted by Gasteiger charge is 2.48. The summed E-state index contributed by atoms with van der Waals surface area (Å²) < 4.78 is 39.5. The minimum absolute atomic E-state index is 0.101. The molecule has 0 amide bonds. The zero-order valence-corrected chi connectivity index (χ0v) is 9.54. The van der Waals surface area contributed by atoms with Crippen molar-refractivity contribution in [2.24, 2.45) is 13.0 Å². The van der Waals surface area contributed by atoms with Crippen molar-refractivity contribution in [2.75, 3.05) is 0 Å². The van der Waals surface area contributed by atoms with E-state index in [0.717, 1.165) is 0 Å². The quantitative estimate of drug-likeness (QED) is 0.828. The molecular formula is C11H15F3N2O. The molecule has 1 saturated carbocycles. The minimum atomic E-state index is -4.23. The molecule has 3 nitrogen and oxygen atoms in total.